The van der Waals surface area contributed by atoms with Crippen LogP contribution >= 0.6 is 0 Å². The fourth-order valence-electron chi connectivity index (χ4n) is 2.42. The van der Waals surface area contributed by atoms with Crippen LogP contribution in [0.3, 0.4) is 0 Å². The number of nitrogens with zero attached hydrogens (tertiary/aromatic N) is 1. The number of aromatic nitrogens is 2. The summed E-state index contributed by atoms with van der Waals surface area (Å²) in [5.41, 5.74) is 6.84. The van der Waals surface area contributed by atoms with Gasteiger partial charge in [0.25, 0.3) is 0 Å². The van der Waals surface area contributed by atoms with Gasteiger partial charge in [-0.05, 0) is 56.6 Å². The van der Waals surface area contributed by atoms with Crippen molar-refractivity contribution >= 4 is 0 Å². The second-order valence-corrected chi connectivity index (χ2v) is 4.83. The molecular weight excluding hydrogens is 238 g/mol. The van der Waals surface area contributed by atoms with Gasteiger partial charge < -0.3 is 10.1 Å². The van der Waals surface area contributed by atoms with E-state index in [9.17, 15) is 0 Å². The van der Waals surface area contributed by atoms with Gasteiger partial charge in [0.05, 0.1) is 12.8 Å². The predicted molar refractivity (Wildman–Crippen MR) is 77.6 cm³/mol. The molecule has 0 fully saturated rings. The van der Waals surface area contributed by atoms with Gasteiger partial charge in [-0.2, -0.15) is 5.10 Å². The van der Waals surface area contributed by atoms with E-state index in [-0.39, 0.29) is 0 Å². The Bertz CT molecular complexity index is 587. The highest BCUT2D eigenvalue weighted by Crippen LogP contribution is 2.33. The van der Waals surface area contributed by atoms with Crippen LogP contribution < -0.4 is 10.1 Å². The van der Waals surface area contributed by atoms with Crippen LogP contribution in [0.1, 0.15) is 22.4 Å². The summed E-state index contributed by atoms with van der Waals surface area (Å²) in [6.45, 7) is 7.09. The van der Waals surface area contributed by atoms with Gasteiger partial charge in [0.1, 0.15) is 5.75 Å². The third-order valence-corrected chi connectivity index (χ3v) is 3.52. The van der Waals surface area contributed by atoms with Crippen molar-refractivity contribution in [2.75, 3.05) is 14.2 Å². The van der Waals surface area contributed by atoms with Crippen LogP contribution in [0.25, 0.3) is 11.3 Å². The van der Waals surface area contributed by atoms with Crippen molar-refractivity contribution in [1.29, 1.82) is 0 Å². The van der Waals surface area contributed by atoms with E-state index in [1.165, 1.54) is 22.3 Å². The van der Waals surface area contributed by atoms with Crippen molar-refractivity contribution in [3.05, 3.63) is 34.5 Å². The molecule has 0 aliphatic rings. The first-order valence-electron chi connectivity index (χ1n) is 6.42. The highest BCUT2D eigenvalue weighted by Gasteiger charge is 2.14. The number of benzene rings is 1. The Morgan fingerprint density at radius 1 is 1.21 bits per heavy atom. The van der Waals surface area contributed by atoms with Gasteiger partial charge in [-0.25, -0.2) is 0 Å². The van der Waals surface area contributed by atoms with Crippen molar-refractivity contribution in [1.82, 2.24) is 15.5 Å². The van der Waals surface area contributed by atoms with Gasteiger partial charge in [-0.15, -0.1) is 0 Å². The standard InChI is InChI=1S/C15H21N3O/c1-9-6-14(19-5)10(2)11(3)15(9)13-7-12(8-16-4)17-18-13/h6-7,16H,8H2,1-5H3,(H,17,18). The Hall–Kier alpha value is -1.81. The van der Waals surface area contributed by atoms with E-state index < -0.39 is 0 Å². The topological polar surface area (TPSA) is 49.9 Å². The minimum Gasteiger partial charge on any atom is -0.496 e. The average Bonchev–Trinajstić information content (AvgIpc) is 2.83. The Labute approximate surface area is 114 Å². The van der Waals surface area contributed by atoms with Crippen molar-refractivity contribution < 1.29 is 4.74 Å². The van der Waals surface area contributed by atoms with Crippen LogP contribution in [-0.4, -0.2) is 24.4 Å². The summed E-state index contributed by atoms with van der Waals surface area (Å²) in [5.74, 6) is 0.935. The number of H-pyrrole nitrogens is 1. The minimum absolute atomic E-state index is 0.792. The molecule has 1 heterocycles. The molecule has 0 aliphatic heterocycles. The molecule has 0 amide bonds. The maximum Gasteiger partial charge on any atom is 0.122 e. The van der Waals surface area contributed by atoms with Crippen LogP contribution in [-0.2, 0) is 6.54 Å². The van der Waals surface area contributed by atoms with E-state index in [0.29, 0.717) is 0 Å². The van der Waals surface area contributed by atoms with E-state index in [4.69, 9.17) is 4.74 Å². The zero-order valence-electron chi connectivity index (χ0n) is 12.2. The SMILES string of the molecule is CNCc1cc(-c2c(C)cc(OC)c(C)c2C)n[nH]1. The lowest BCUT2D eigenvalue weighted by atomic mass is 9.95. The summed E-state index contributed by atoms with van der Waals surface area (Å²) < 4.78 is 5.40. The highest BCUT2D eigenvalue weighted by molar-refractivity contribution is 5.71. The monoisotopic (exact) mass is 259 g/mol. The van der Waals surface area contributed by atoms with Crippen LogP contribution in [0, 0.1) is 20.8 Å². The molecule has 0 aliphatic carbocycles. The number of aryl methyl sites for hydroxylation is 1. The van der Waals surface area contributed by atoms with E-state index in [2.05, 4.69) is 48.4 Å². The summed E-state index contributed by atoms with van der Waals surface area (Å²) in [7, 11) is 3.63. The Morgan fingerprint density at radius 3 is 2.58 bits per heavy atom. The predicted octanol–water partition coefficient (Wildman–Crippen LogP) is 2.73. The lowest BCUT2D eigenvalue weighted by molar-refractivity contribution is 0.411. The summed E-state index contributed by atoms with van der Waals surface area (Å²) in [6, 6.07) is 4.17. The smallest absolute Gasteiger partial charge is 0.122 e. The van der Waals surface area contributed by atoms with Gasteiger partial charge >= 0.3 is 0 Å². The molecule has 1 aromatic carbocycles. The van der Waals surface area contributed by atoms with E-state index >= 15 is 0 Å². The minimum atomic E-state index is 0.792. The molecular formula is C15H21N3O. The van der Waals surface area contributed by atoms with Crippen LogP contribution in [0.15, 0.2) is 12.1 Å². The number of nitrogens with one attached hydrogen (secondary N) is 2. The van der Waals surface area contributed by atoms with Crippen LogP contribution in [0.5, 0.6) is 5.75 Å². The Balaban J connectivity index is 2.52. The maximum absolute atomic E-state index is 5.40. The Kier molecular flexibility index (Phi) is 3.90. The molecule has 2 aromatic rings. The first-order chi connectivity index (χ1) is 9.08. The molecule has 4 heteroatoms. The lowest BCUT2D eigenvalue weighted by Crippen LogP contribution is -2.04. The molecule has 0 saturated heterocycles. The summed E-state index contributed by atoms with van der Waals surface area (Å²) in [5, 5.41) is 10.6. The molecule has 19 heavy (non-hydrogen) atoms. The third-order valence-electron chi connectivity index (χ3n) is 3.52. The van der Waals surface area contributed by atoms with Gasteiger partial charge in [0.2, 0.25) is 0 Å². The first-order valence-corrected chi connectivity index (χ1v) is 6.42. The number of rotatable bonds is 4. The number of ether oxygens (including phenoxy) is 1. The van der Waals surface area contributed by atoms with Crippen molar-refractivity contribution in [2.24, 2.45) is 0 Å². The van der Waals surface area contributed by atoms with Crippen molar-refractivity contribution in [2.45, 2.75) is 27.3 Å². The van der Waals surface area contributed by atoms with Gasteiger partial charge in [0, 0.05) is 17.8 Å². The quantitative estimate of drug-likeness (QED) is 0.887. The summed E-state index contributed by atoms with van der Waals surface area (Å²) >= 11 is 0. The van der Waals surface area contributed by atoms with Gasteiger partial charge in [-0.3, -0.25) is 5.10 Å². The zero-order valence-corrected chi connectivity index (χ0v) is 12.2. The van der Waals surface area contributed by atoms with Crippen molar-refractivity contribution in [3.8, 4) is 17.0 Å². The fraction of sp³-hybridized carbons (Fsp3) is 0.400. The Morgan fingerprint density at radius 2 is 1.95 bits per heavy atom. The molecule has 0 bridgehead atoms. The third kappa shape index (κ3) is 2.49. The highest BCUT2D eigenvalue weighted by atomic mass is 16.5. The molecule has 0 saturated carbocycles. The van der Waals surface area contributed by atoms with E-state index in [0.717, 1.165) is 23.7 Å². The van der Waals surface area contributed by atoms with Crippen LogP contribution in [0.2, 0.25) is 0 Å². The molecule has 0 spiro atoms. The molecule has 102 valence electrons. The molecule has 0 unspecified atom stereocenters. The first kappa shape index (κ1) is 13.6. The second kappa shape index (κ2) is 5.45. The normalized spacial score (nSPS) is 10.8. The second-order valence-electron chi connectivity index (χ2n) is 4.83. The van der Waals surface area contributed by atoms with Gasteiger partial charge in [-0.1, -0.05) is 0 Å². The maximum atomic E-state index is 5.40. The number of methoxy groups -OCH3 is 1. The van der Waals surface area contributed by atoms with Crippen LogP contribution in [0.4, 0.5) is 0 Å². The average molecular weight is 259 g/mol. The van der Waals surface area contributed by atoms with E-state index in [1.807, 2.05) is 7.05 Å². The lowest BCUT2D eigenvalue weighted by Gasteiger charge is -2.14. The summed E-state index contributed by atoms with van der Waals surface area (Å²) in [6.07, 6.45) is 0. The van der Waals surface area contributed by atoms with Crippen molar-refractivity contribution in [3.63, 3.8) is 0 Å². The largest absolute Gasteiger partial charge is 0.496 e. The molecule has 0 atom stereocenters. The number of hydrogen-bond acceptors (Lipinski definition) is 3. The molecule has 2 rings (SSSR count). The molecule has 2 N–H and O–H groups in total. The summed E-state index contributed by atoms with van der Waals surface area (Å²) in [4.78, 5) is 0. The molecule has 0 radical (unpaired) electrons. The molecule has 1 aromatic heterocycles. The number of aromatic amines is 1. The number of hydrogen-bond donors (Lipinski definition) is 2. The zero-order chi connectivity index (χ0) is 14.0. The van der Waals surface area contributed by atoms with E-state index in [1.54, 1.807) is 7.11 Å². The van der Waals surface area contributed by atoms with Gasteiger partial charge in [0.15, 0.2) is 0 Å². The molecule has 4 nitrogen and oxygen atoms in total. The fourth-order valence-corrected chi connectivity index (χ4v) is 2.42.